The third-order valence-electron chi connectivity index (χ3n) is 3.11. The molecule has 8 nitrogen and oxygen atoms in total. The van der Waals surface area contributed by atoms with E-state index in [1.807, 2.05) is 0 Å². The molecule has 2 aromatic carbocycles. The molecule has 0 aliphatic rings. The average Bonchev–Trinajstić information content (AvgIpc) is 2.53. The molecule has 0 aromatic heterocycles. The molecule has 0 N–H and O–H groups in total. The van der Waals surface area contributed by atoms with Crippen molar-refractivity contribution in [2.75, 3.05) is 7.11 Å². The first-order chi connectivity index (χ1) is 11.2. The summed E-state index contributed by atoms with van der Waals surface area (Å²) in [4.78, 5) is 21.3. The third kappa shape index (κ3) is 3.69. The zero-order chi connectivity index (χ0) is 17.9. The zero-order valence-corrected chi connectivity index (χ0v) is 13.6. The molecule has 0 aliphatic heterocycles. The molecule has 0 atom stereocenters. The summed E-state index contributed by atoms with van der Waals surface area (Å²) >= 11 is 0. The lowest BCUT2D eigenvalue weighted by Gasteiger charge is -2.10. The predicted molar refractivity (Wildman–Crippen MR) is 83.4 cm³/mol. The molecule has 2 rings (SSSR count). The Morgan fingerprint density at radius 2 is 1.88 bits per heavy atom. The first-order valence-corrected chi connectivity index (χ1v) is 8.03. The monoisotopic (exact) mass is 351 g/mol. The molecule has 0 unspecified atom stereocenters. The number of benzene rings is 2. The van der Waals surface area contributed by atoms with E-state index in [2.05, 4.69) is 4.74 Å². The topological polar surface area (TPSA) is 113 Å². The molecule has 0 fully saturated rings. The van der Waals surface area contributed by atoms with Gasteiger partial charge in [0.1, 0.15) is 10.6 Å². The van der Waals surface area contributed by atoms with Gasteiger partial charge in [0.25, 0.3) is 5.69 Å². The number of aryl methyl sites for hydroxylation is 1. The highest BCUT2D eigenvalue weighted by atomic mass is 32.2. The van der Waals surface area contributed by atoms with Crippen LogP contribution in [-0.4, -0.2) is 26.4 Å². The number of non-ortho nitro benzene ring substituents is 1. The molecule has 0 saturated heterocycles. The summed E-state index contributed by atoms with van der Waals surface area (Å²) < 4.78 is 34.3. The SMILES string of the molecule is COC(=O)c1cccc(OS(=O)(=O)c2cc([N+](=O)[O-])ccc2C)c1. The number of nitrogens with zero attached hydrogens (tertiary/aromatic N) is 1. The highest BCUT2D eigenvalue weighted by molar-refractivity contribution is 7.87. The van der Waals surface area contributed by atoms with Crippen molar-refractivity contribution in [1.29, 1.82) is 0 Å². The molecule has 0 heterocycles. The Balaban J connectivity index is 2.41. The van der Waals surface area contributed by atoms with Gasteiger partial charge in [-0.25, -0.2) is 4.79 Å². The maximum absolute atomic E-state index is 12.4. The van der Waals surface area contributed by atoms with E-state index in [1.54, 1.807) is 0 Å². The van der Waals surface area contributed by atoms with Crippen LogP contribution >= 0.6 is 0 Å². The number of nitro groups is 1. The maximum atomic E-state index is 12.4. The minimum atomic E-state index is -4.31. The standard InChI is InChI=1S/C15H13NO7S/c1-10-6-7-12(16(18)19)9-14(10)24(20,21)23-13-5-3-4-11(8-13)15(17)22-2/h3-9H,1-2H3. The number of hydrogen-bond donors (Lipinski definition) is 0. The molecule has 0 spiro atoms. The number of ether oxygens (including phenoxy) is 1. The molecule has 0 saturated carbocycles. The number of carbonyl (C=O) groups is 1. The van der Waals surface area contributed by atoms with Gasteiger partial charge in [0, 0.05) is 12.1 Å². The summed E-state index contributed by atoms with van der Waals surface area (Å²) in [5.41, 5.74) is 0.0387. The Hall–Kier alpha value is -2.94. The highest BCUT2D eigenvalue weighted by Gasteiger charge is 2.23. The summed E-state index contributed by atoms with van der Waals surface area (Å²) in [7, 11) is -3.11. The normalized spacial score (nSPS) is 10.9. The smallest absolute Gasteiger partial charge is 0.339 e. The van der Waals surface area contributed by atoms with Crippen molar-refractivity contribution in [3.05, 3.63) is 63.7 Å². The van der Waals surface area contributed by atoms with Crippen LogP contribution in [0.3, 0.4) is 0 Å². The Morgan fingerprint density at radius 3 is 2.50 bits per heavy atom. The fourth-order valence-electron chi connectivity index (χ4n) is 1.94. The second-order valence-corrected chi connectivity index (χ2v) is 6.28. The molecular weight excluding hydrogens is 338 g/mol. The quantitative estimate of drug-likeness (QED) is 0.352. The van der Waals surface area contributed by atoms with Gasteiger partial charge >= 0.3 is 16.1 Å². The van der Waals surface area contributed by atoms with E-state index in [0.29, 0.717) is 5.56 Å². The van der Waals surface area contributed by atoms with Crippen molar-refractivity contribution in [2.24, 2.45) is 0 Å². The van der Waals surface area contributed by atoms with Gasteiger partial charge in [-0.2, -0.15) is 8.42 Å². The first-order valence-electron chi connectivity index (χ1n) is 6.62. The second kappa shape index (κ2) is 6.67. The minimum absolute atomic E-state index is 0.108. The van der Waals surface area contributed by atoms with Crippen molar-refractivity contribution >= 4 is 21.8 Å². The van der Waals surface area contributed by atoms with Crippen LogP contribution in [0, 0.1) is 17.0 Å². The number of hydrogen-bond acceptors (Lipinski definition) is 7. The van der Waals surface area contributed by atoms with Crippen LogP contribution in [0.2, 0.25) is 0 Å². The van der Waals surface area contributed by atoms with E-state index in [0.717, 1.165) is 6.07 Å². The fraction of sp³-hybridized carbons (Fsp3) is 0.133. The molecule has 0 bridgehead atoms. The number of rotatable bonds is 5. The lowest BCUT2D eigenvalue weighted by molar-refractivity contribution is -0.385. The summed E-state index contributed by atoms with van der Waals surface area (Å²) in [6.07, 6.45) is 0. The van der Waals surface area contributed by atoms with E-state index in [1.165, 1.54) is 50.4 Å². The number of nitro benzene ring substituents is 1. The van der Waals surface area contributed by atoms with Gasteiger partial charge in [0.15, 0.2) is 0 Å². The van der Waals surface area contributed by atoms with Crippen molar-refractivity contribution in [2.45, 2.75) is 11.8 Å². The summed E-state index contributed by atoms with van der Waals surface area (Å²) in [6.45, 7) is 1.49. The van der Waals surface area contributed by atoms with Crippen LogP contribution < -0.4 is 4.18 Å². The first kappa shape index (κ1) is 17.4. The van der Waals surface area contributed by atoms with E-state index in [-0.39, 0.29) is 21.9 Å². The van der Waals surface area contributed by atoms with Crippen LogP contribution in [0.25, 0.3) is 0 Å². The minimum Gasteiger partial charge on any atom is -0.465 e. The van der Waals surface area contributed by atoms with E-state index in [4.69, 9.17) is 4.18 Å². The Labute approximate surface area is 137 Å². The number of methoxy groups -OCH3 is 1. The summed E-state index contributed by atoms with van der Waals surface area (Å²) in [6, 6.07) is 8.86. The second-order valence-electron chi connectivity index (χ2n) is 4.76. The van der Waals surface area contributed by atoms with Crippen LogP contribution in [0.5, 0.6) is 5.75 Å². The van der Waals surface area contributed by atoms with Crippen molar-refractivity contribution < 1.29 is 27.1 Å². The molecule has 0 aliphatic carbocycles. The van der Waals surface area contributed by atoms with E-state index in [9.17, 15) is 23.3 Å². The molecule has 24 heavy (non-hydrogen) atoms. The summed E-state index contributed by atoms with van der Waals surface area (Å²) in [5, 5.41) is 10.8. The van der Waals surface area contributed by atoms with E-state index >= 15 is 0 Å². The van der Waals surface area contributed by atoms with Gasteiger partial charge in [-0.1, -0.05) is 12.1 Å². The molecule has 0 amide bonds. The fourth-order valence-corrected chi connectivity index (χ4v) is 3.11. The Bertz CT molecular complexity index is 906. The van der Waals surface area contributed by atoms with Gasteiger partial charge in [-0.3, -0.25) is 10.1 Å². The number of carbonyl (C=O) groups excluding carboxylic acids is 1. The van der Waals surface area contributed by atoms with E-state index < -0.39 is 21.0 Å². The van der Waals surface area contributed by atoms with Gasteiger partial charge in [0.05, 0.1) is 17.6 Å². The van der Waals surface area contributed by atoms with Crippen LogP contribution in [0.15, 0.2) is 47.4 Å². The van der Waals surface area contributed by atoms with Crippen molar-refractivity contribution in [1.82, 2.24) is 0 Å². The van der Waals surface area contributed by atoms with Crippen LogP contribution in [0.1, 0.15) is 15.9 Å². The average molecular weight is 351 g/mol. The van der Waals surface area contributed by atoms with Gasteiger partial charge < -0.3 is 8.92 Å². The highest BCUT2D eigenvalue weighted by Crippen LogP contribution is 2.25. The zero-order valence-electron chi connectivity index (χ0n) is 12.8. The van der Waals surface area contributed by atoms with Crippen LogP contribution in [0.4, 0.5) is 5.69 Å². The third-order valence-corrected chi connectivity index (χ3v) is 4.50. The Morgan fingerprint density at radius 1 is 1.17 bits per heavy atom. The lowest BCUT2D eigenvalue weighted by Crippen LogP contribution is -2.12. The molecule has 0 radical (unpaired) electrons. The Kier molecular flexibility index (Phi) is 4.84. The lowest BCUT2D eigenvalue weighted by atomic mass is 10.2. The predicted octanol–water partition coefficient (Wildman–Crippen LogP) is 2.46. The molecule has 9 heteroatoms. The maximum Gasteiger partial charge on any atom is 0.339 e. The summed E-state index contributed by atoms with van der Waals surface area (Å²) in [5.74, 6) is -0.756. The largest absolute Gasteiger partial charge is 0.465 e. The van der Waals surface area contributed by atoms with Gasteiger partial charge in [-0.05, 0) is 30.7 Å². The molecule has 126 valence electrons. The van der Waals surface area contributed by atoms with Gasteiger partial charge in [0.2, 0.25) is 0 Å². The van der Waals surface area contributed by atoms with Gasteiger partial charge in [-0.15, -0.1) is 0 Å². The van der Waals surface area contributed by atoms with Crippen LogP contribution in [-0.2, 0) is 14.9 Å². The number of esters is 1. The molecule has 2 aromatic rings. The molecular formula is C15H13NO7S. The van der Waals surface area contributed by atoms with Crippen molar-refractivity contribution in [3.63, 3.8) is 0 Å². The van der Waals surface area contributed by atoms with Crippen molar-refractivity contribution in [3.8, 4) is 5.75 Å².